The highest BCUT2D eigenvalue weighted by molar-refractivity contribution is 14.1. The van der Waals surface area contributed by atoms with Gasteiger partial charge in [-0.05, 0) is 54.1 Å². The number of amides is 2. The first-order chi connectivity index (χ1) is 14.7. The van der Waals surface area contributed by atoms with Crippen molar-refractivity contribution in [3.63, 3.8) is 0 Å². The average molecular weight is 560 g/mol. The first-order valence-electron chi connectivity index (χ1n) is 9.42. The Morgan fingerprint density at radius 2 is 2.13 bits per heavy atom. The highest BCUT2D eigenvalue weighted by Gasteiger charge is 2.24. The number of anilines is 1. The van der Waals surface area contributed by atoms with Crippen molar-refractivity contribution in [1.29, 1.82) is 0 Å². The number of rotatable bonds is 7. The molecule has 0 saturated carbocycles. The summed E-state index contributed by atoms with van der Waals surface area (Å²) in [6, 6.07) is 4.52. The van der Waals surface area contributed by atoms with E-state index in [0.717, 1.165) is 12.7 Å². The molecule has 1 fully saturated rings. The second-order valence-corrected chi connectivity index (χ2v) is 9.86. The average Bonchev–Trinajstić information content (AvgIpc) is 3.10. The highest BCUT2D eigenvalue weighted by Crippen LogP contribution is 2.31. The summed E-state index contributed by atoms with van der Waals surface area (Å²) in [7, 11) is -3.43. The predicted octanol–water partition coefficient (Wildman–Crippen LogP) is 2.97. The maximum Gasteiger partial charge on any atom is 0.412 e. The SMILES string of the molecule is CCOC(=O)Nc1nc(CN2CCCC2=O)c(Oc2ccc(S(C)(=O)=O)nc2)cc1I. The molecule has 0 bridgehead atoms. The van der Waals surface area contributed by atoms with Crippen LogP contribution in [0.4, 0.5) is 10.6 Å². The molecule has 2 amide bonds. The van der Waals surface area contributed by atoms with Crippen LogP contribution in [0, 0.1) is 3.57 Å². The number of hydrogen-bond donors (Lipinski definition) is 1. The molecule has 0 aromatic carbocycles. The van der Waals surface area contributed by atoms with Crippen LogP contribution in [0.5, 0.6) is 11.5 Å². The van der Waals surface area contributed by atoms with Crippen LogP contribution in [0.25, 0.3) is 0 Å². The zero-order chi connectivity index (χ0) is 22.6. The van der Waals surface area contributed by atoms with E-state index >= 15 is 0 Å². The lowest BCUT2D eigenvalue weighted by Gasteiger charge is -2.19. The number of carbonyl (C=O) groups excluding carboxylic acids is 2. The molecule has 0 atom stereocenters. The zero-order valence-electron chi connectivity index (χ0n) is 16.9. The lowest BCUT2D eigenvalue weighted by atomic mass is 10.3. The van der Waals surface area contributed by atoms with E-state index in [0.29, 0.717) is 39.5 Å². The summed E-state index contributed by atoms with van der Waals surface area (Å²) >= 11 is 2.00. The van der Waals surface area contributed by atoms with E-state index in [4.69, 9.17) is 9.47 Å². The van der Waals surface area contributed by atoms with E-state index in [1.165, 1.54) is 18.3 Å². The third kappa shape index (κ3) is 6.03. The second kappa shape index (κ2) is 9.77. The van der Waals surface area contributed by atoms with Crippen molar-refractivity contribution >= 4 is 50.2 Å². The summed E-state index contributed by atoms with van der Waals surface area (Å²) < 4.78 is 34.6. The number of halogens is 1. The summed E-state index contributed by atoms with van der Waals surface area (Å²) in [5.74, 6) is 0.987. The molecule has 166 valence electrons. The molecule has 0 radical (unpaired) electrons. The molecule has 12 heteroatoms. The molecule has 2 aromatic rings. The summed E-state index contributed by atoms with van der Waals surface area (Å²) in [6.07, 6.45) is 2.99. The maximum absolute atomic E-state index is 12.1. The van der Waals surface area contributed by atoms with E-state index in [1.807, 2.05) is 22.6 Å². The minimum Gasteiger partial charge on any atom is -0.454 e. The van der Waals surface area contributed by atoms with Crippen molar-refractivity contribution in [3.05, 3.63) is 33.7 Å². The molecule has 1 aliphatic heterocycles. The molecule has 2 aromatic heterocycles. The normalized spacial score (nSPS) is 13.9. The monoisotopic (exact) mass is 560 g/mol. The van der Waals surface area contributed by atoms with Gasteiger partial charge in [-0.1, -0.05) is 0 Å². The molecule has 3 rings (SSSR count). The molecule has 0 aliphatic carbocycles. The van der Waals surface area contributed by atoms with Gasteiger partial charge in [-0.25, -0.2) is 23.2 Å². The smallest absolute Gasteiger partial charge is 0.412 e. The summed E-state index contributed by atoms with van der Waals surface area (Å²) in [5.41, 5.74) is 0.439. The van der Waals surface area contributed by atoms with E-state index in [1.54, 1.807) is 17.9 Å². The minimum absolute atomic E-state index is 0.0189. The number of carbonyl (C=O) groups is 2. The lowest BCUT2D eigenvalue weighted by molar-refractivity contribution is -0.128. The quantitative estimate of drug-likeness (QED) is 0.513. The first-order valence-corrected chi connectivity index (χ1v) is 12.4. The topological polar surface area (TPSA) is 128 Å². The van der Waals surface area contributed by atoms with Gasteiger partial charge in [0.2, 0.25) is 5.91 Å². The number of likely N-dealkylation sites (tertiary alicyclic amines) is 1. The van der Waals surface area contributed by atoms with Crippen molar-refractivity contribution in [1.82, 2.24) is 14.9 Å². The molecular formula is C19H21IN4O6S. The Labute approximate surface area is 193 Å². The standard InChI is InChI=1S/C19H21IN4O6S/c1-3-29-19(26)23-18-13(20)9-15(14(22-18)11-24-8-4-5-17(24)25)30-12-6-7-16(21-10-12)31(2,27)28/h6-7,9-10H,3-5,8,11H2,1-2H3,(H,22,23,26). The fourth-order valence-corrected chi connectivity index (χ4v) is 3.99. The van der Waals surface area contributed by atoms with Crippen LogP contribution in [-0.4, -0.2) is 54.7 Å². The molecule has 1 N–H and O–H groups in total. The van der Waals surface area contributed by atoms with Crippen LogP contribution < -0.4 is 10.1 Å². The number of nitrogens with zero attached hydrogens (tertiary/aromatic N) is 3. The number of ether oxygens (including phenoxy) is 2. The predicted molar refractivity (Wildman–Crippen MR) is 120 cm³/mol. The number of nitrogens with one attached hydrogen (secondary N) is 1. The van der Waals surface area contributed by atoms with E-state index in [2.05, 4.69) is 15.3 Å². The Balaban J connectivity index is 1.92. The van der Waals surface area contributed by atoms with Gasteiger partial charge in [-0.15, -0.1) is 0 Å². The van der Waals surface area contributed by atoms with Gasteiger partial charge < -0.3 is 14.4 Å². The fraction of sp³-hybridized carbons (Fsp3) is 0.368. The molecule has 31 heavy (non-hydrogen) atoms. The number of aromatic nitrogens is 2. The molecule has 10 nitrogen and oxygen atoms in total. The van der Waals surface area contributed by atoms with Crippen LogP contribution in [0.15, 0.2) is 29.4 Å². The number of pyridine rings is 2. The summed E-state index contributed by atoms with van der Waals surface area (Å²) in [4.78, 5) is 34.0. The molecule has 1 saturated heterocycles. The molecule has 0 unspecified atom stereocenters. The molecule has 1 aliphatic rings. The van der Waals surface area contributed by atoms with Gasteiger partial charge in [0.1, 0.15) is 17.3 Å². The van der Waals surface area contributed by atoms with Gasteiger partial charge in [-0.2, -0.15) is 0 Å². The third-order valence-corrected chi connectivity index (χ3v) is 6.16. The Morgan fingerprint density at radius 1 is 1.35 bits per heavy atom. The van der Waals surface area contributed by atoms with Crippen LogP contribution >= 0.6 is 22.6 Å². The Morgan fingerprint density at radius 3 is 2.71 bits per heavy atom. The van der Waals surface area contributed by atoms with Crippen molar-refractivity contribution in [2.24, 2.45) is 0 Å². The van der Waals surface area contributed by atoms with Crippen LogP contribution in [0.3, 0.4) is 0 Å². The van der Waals surface area contributed by atoms with Gasteiger partial charge in [0.25, 0.3) is 0 Å². The van der Waals surface area contributed by atoms with Crippen molar-refractivity contribution < 1.29 is 27.5 Å². The van der Waals surface area contributed by atoms with Crippen LogP contribution in [-0.2, 0) is 25.9 Å². The maximum atomic E-state index is 12.1. The lowest BCUT2D eigenvalue weighted by Crippen LogP contribution is -2.25. The first kappa shape index (κ1) is 23.2. The molecular weight excluding hydrogens is 539 g/mol. The van der Waals surface area contributed by atoms with Crippen molar-refractivity contribution in [2.75, 3.05) is 24.7 Å². The van der Waals surface area contributed by atoms with Gasteiger partial charge in [0.15, 0.2) is 20.6 Å². The van der Waals surface area contributed by atoms with Crippen molar-refractivity contribution in [2.45, 2.75) is 31.3 Å². The Kier molecular flexibility index (Phi) is 7.30. The van der Waals surface area contributed by atoms with Gasteiger partial charge in [0.05, 0.1) is 22.9 Å². The van der Waals surface area contributed by atoms with Gasteiger partial charge in [0, 0.05) is 19.2 Å². The third-order valence-electron chi connectivity index (χ3n) is 4.34. The summed E-state index contributed by atoms with van der Waals surface area (Å²) in [5, 5.41) is 2.52. The van der Waals surface area contributed by atoms with E-state index < -0.39 is 15.9 Å². The van der Waals surface area contributed by atoms with E-state index in [-0.39, 0.29) is 24.1 Å². The minimum atomic E-state index is -3.43. The molecule has 0 spiro atoms. The van der Waals surface area contributed by atoms with Gasteiger partial charge in [-0.3, -0.25) is 10.1 Å². The van der Waals surface area contributed by atoms with Crippen molar-refractivity contribution in [3.8, 4) is 11.5 Å². The van der Waals surface area contributed by atoms with Crippen LogP contribution in [0.1, 0.15) is 25.5 Å². The van der Waals surface area contributed by atoms with Gasteiger partial charge >= 0.3 is 6.09 Å². The second-order valence-electron chi connectivity index (χ2n) is 6.73. The molecule has 3 heterocycles. The fourth-order valence-electron chi connectivity index (χ4n) is 2.89. The largest absolute Gasteiger partial charge is 0.454 e. The Bertz CT molecular complexity index is 1090. The van der Waals surface area contributed by atoms with E-state index in [9.17, 15) is 18.0 Å². The highest BCUT2D eigenvalue weighted by atomic mass is 127. The van der Waals surface area contributed by atoms with Crippen LogP contribution in [0.2, 0.25) is 0 Å². The summed E-state index contributed by atoms with van der Waals surface area (Å²) in [6.45, 7) is 2.73. The number of sulfone groups is 1. The zero-order valence-corrected chi connectivity index (χ0v) is 19.9. The Hall–Kier alpha value is -2.48. The number of hydrogen-bond acceptors (Lipinski definition) is 8.